The van der Waals surface area contributed by atoms with Crippen molar-refractivity contribution in [3.63, 3.8) is 0 Å². The number of rotatable bonds is 4. The molecule has 0 atom stereocenters. The van der Waals surface area contributed by atoms with Gasteiger partial charge in [0.05, 0.1) is 12.4 Å². The van der Waals surface area contributed by atoms with Gasteiger partial charge in [0.2, 0.25) is 0 Å². The van der Waals surface area contributed by atoms with Crippen LogP contribution in [0, 0.1) is 0 Å². The number of ether oxygens (including phenoxy) is 1. The Hall–Kier alpha value is -1.03. The van der Waals surface area contributed by atoms with E-state index in [0.29, 0.717) is 5.75 Å². The lowest BCUT2D eigenvalue weighted by molar-refractivity contribution is 0.402. The van der Waals surface area contributed by atoms with E-state index in [1.165, 1.54) is 7.11 Å². The third-order valence-electron chi connectivity index (χ3n) is 2.56. The number of hydrogen-bond donors (Lipinski definition) is 0. The molecule has 0 radical (unpaired) electrons. The van der Waals surface area contributed by atoms with Gasteiger partial charge in [-0.25, -0.2) is 8.42 Å². The number of hydrogen-bond acceptors (Lipinski definition) is 3. The lowest BCUT2D eigenvalue weighted by Gasteiger charge is -2.13. The highest BCUT2D eigenvalue weighted by molar-refractivity contribution is 7.92. The van der Waals surface area contributed by atoms with Crippen molar-refractivity contribution in [3.05, 3.63) is 23.8 Å². The molecule has 0 aliphatic rings. The molecule has 16 heavy (non-hydrogen) atoms. The van der Waals surface area contributed by atoms with Crippen LogP contribution in [0.25, 0.3) is 0 Å². The van der Waals surface area contributed by atoms with Crippen LogP contribution in [0.3, 0.4) is 0 Å². The summed E-state index contributed by atoms with van der Waals surface area (Å²) in [7, 11) is -1.78. The predicted molar refractivity (Wildman–Crippen MR) is 64.7 cm³/mol. The lowest BCUT2D eigenvalue weighted by atomic mass is 10.2. The van der Waals surface area contributed by atoms with Gasteiger partial charge in [0.1, 0.15) is 10.6 Å². The molecule has 1 aromatic rings. The summed E-state index contributed by atoms with van der Waals surface area (Å²) in [5.74, 6) is 0.438. The fraction of sp³-hybridized carbons (Fsp3) is 0.500. The summed E-state index contributed by atoms with van der Waals surface area (Å²) in [6, 6.07) is 5.25. The molecule has 0 saturated carbocycles. The Morgan fingerprint density at radius 3 is 2.38 bits per heavy atom. The average Bonchev–Trinajstić information content (AvgIpc) is 2.27. The van der Waals surface area contributed by atoms with Crippen LogP contribution in [0.2, 0.25) is 0 Å². The topological polar surface area (TPSA) is 43.4 Å². The van der Waals surface area contributed by atoms with Crippen molar-refractivity contribution in [2.75, 3.05) is 7.11 Å². The Balaban J connectivity index is 3.35. The molecular weight excluding hydrogens is 224 g/mol. The van der Waals surface area contributed by atoms with Crippen molar-refractivity contribution >= 4 is 9.84 Å². The minimum Gasteiger partial charge on any atom is -0.495 e. The van der Waals surface area contributed by atoms with Gasteiger partial charge in [-0.15, -0.1) is 0 Å². The molecule has 0 bridgehead atoms. The molecular formula is C12H18O3S. The zero-order valence-corrected chi connectivity index (χ0v) is 11.0. The summed E-state index contributed by atoms with van der Waals surface area (Å²) in [4.78, 5) is 0.280. The van der Waals surface area contributed by atoms with Crippen molar-refractivity contribution in [2.45, 2.75) is 37.3 Å². The van der Waals surface area contributed by atoms with Gasteiger partial charge in [0.15, 0.2) is 9.84 Å². The van der Waals surface area contributed by atoms with Gasteiger partial charge >= 0.3 is 0 Å². The first-order valence-corrected chi connectivity index (χ1v) is 6.89. The van der Waals surface area contributed by atoms with Crippen molar-refractivity contribution in [2.24, 2.45) is 0 Å². The van der Waals surface area contributed by atoms with E-state index in [4.69, 9.17) is 4.74 Å². The first kappa shape index (κ1) is 13.0. The van der Waals surface area contributed by atoms with Gasteiger partial charge in [-0.1, -0.05) is 13.0 Å². The van der Waals surface area contributed by atoms with E-state index in [0.717, 1.165) is 12.0 Å². The van der Waals surface area contributed by atoms with Crippen LogP contribution in [0.5, 0.6) is 5.75 Å². The van der Waals surface area contributed by atoms with Crippen molar-refractivity contribution in [1.29, 1.82) is 0 Å². The van der Waals surface area contributed by atoms with Crippen molar-refractivity contribution < 1.29 is 13.2 Å². The van der Waals surface area contributed by atoms with Gasteiger partial charge < -0.3 is 4.74 Å². The van der Waals surface area contributed by atoms with Crippen LogP contribution in [0.4, 0.5) is 0 Å². The predicted octanol–water partition coefficient (Wildman–Crippen LogP) is 2.44. The quantitative estimate of drug-likeness (QED) is 0.814. The van der Waals surface area contributed by atoms with E-state index in [1.54, 1.807) is 26.0 Å². The Morgan fingerprint density at radius 2 is 1.94 bits per heavy atom. The molecule has 1 rings (SSSR count). The molecule has 0 amide bonds. The minimum absolute atomic E-state index is 0.280. The van der Waals surface area contributed by atoms with Crippen LogP contribution >= 0.6 is 0 Å². The van der Waals surface area contributed by atoms with Crippen LogP contribution in [-0.4, -0.2) is 20.8 Å². The largest absolute Gasteiger partial charge is 0.495 e. The van der Waals surface area contributed by atoms with E-state index in [-0.39, 0.29) is 4.90 Å². The van der Waals surface area contributed by atoms with Crippen molar-refractivity contribution in [3.8, 4) is 5.75 Å². The highest BCUT2D eigenvalue weighted by atomic mass is 32.2. The molecule has 0 aliphatic heterocycles. The Labute approximate surface area is 97.4 Å². The van der Waals surface area contributed by atoms with Crippen LogP contribution < -0.4 is 4.74 Å². The van der Waals surface area contributed by atoms with E-state index in [9.17, 15) is 8.42 Å². The summed E-state index contributed by atoms with van der Waals surface area (Å²) < 4.78 is 29.2. The second kappa shape index (κ2) is 4.87. The second-order valence-electron chi connectivity index (χ2n) is 3.93. The van der Waals surface area contributed by atoms with E-state index in [1.807, 2.05) is 13.0 Å². The summed E-state index contributed by atoms with van der Waals surface area (Å²) in [6.45, 7) is 5.36. The van der Waals surface area contributed by atoms with E-state index >= 15 is 0 Å². The molecule has 0 unspecified atom stereocenters. The standard InChI is InChI=1S/C12H18O3S/c1-5-10-6-7-12(11(8-10)15-4)16(13,14)9(2)3/h6-9H,5H2,1-4H3. The molecule has 4 heteroatoms. The van der Waals surface area contributed by atoms with Crippen LogP contribution in [0.1, 0.15) is 26.3 Å². The highest BCUT2D eigenvalue weighted by Crippen LogP contribution is 2.28. The van der Waals surface area contributed by atoms with Gasteiger partial charge in [-0.3, -0.25) is 0 Å². The molecule has 3 nitrogen and oxygen atoms in total. The van der Waals surface area contributed by atoms with E-state index < -0.39 is 15.1 Å². The first-order chi connectivity index (χ1) is 7.43. The molecule has 90 valence electrons. The Kier molecular flexibility index (Phi) is 3.97. The maximum Gasteiger partial charge on any atom is 0.184 e. The average molecular weight is 242 g/mol. The molecule has 1 aromatic carbocycles. The number of sulfone groups is 1. The smallest absolute Gasteiger partial charge is 0.184 e. The number of aryl methyl sites for hydroxylation is 1. The summed E-state index contributed by atoms with van der Waals surface area (Å²) in [5.41, 5.74) is 1.07. The van der Waals surface area contributed by atoms with E-state index in [2.05, 4.69) is 0 Å². The molecule has 0 N–H and O–H groups in total. The Bertz CT molecular complexity index is 461. The summed E-state index contributed by atoms with van der Waals surface area (Å²) in [6.07, 6.45) is 0.859. The number of methoxy groups -OCH3 is 1. The highest BCUT2D eigenvalue weighted by Gasteiger charge is 2.23. The Morgan fingerprint density at radius 1 is 1.31 bits per heavy atom. The third kappa shape index (κ3) is 2.38. The van der Waals surface area contributed by atoms with Gasteiger partial charge in [-0.05, 0) is 38.0 Å². The third-order valence-corrected chi connectivity index (χ3v) is 4.75. The first-order valence-electron chi connectivity index (χ1n) is 5.34. The number of benzene rings is 1. The maximum atomic E-state index is 12.0. The maximum absolute atomic E-state index is 12.0. The van der Waals surface area contributed by atoms with Crippen LogP contribution in [0.15, 0.2) is 23.1 Å². The van der Waals surface area contributed by atoms with Crippen molar-refractivity contribution in [1.82, 2.24) is 0 Å². The van der Waals surface area contributed by atoms with Gasteiger partial charge in [-0.2, -0.15) is 0 Å². The molecule has 0 aliphatic carbocycles. The molecule has 0 spiro atoms. The summed E-state index contributed by atoms with van der Waals surface area (Å²) in [5, 5.41) is -0.436. The monoisotopic (exact) mass is 242 g/mol. The molecule has 0 aromatic heterocycles. The van der Waals surface area contributed by atoms with Gasteiger partial charge in [0, 0.05) is 0 Å². The molecule has 0 heterocycles. The fourth-order valence-corrected chi connectivity index (χ4v) is 2.61. The normalized spacial score (nSPS) is 11.8. The molecule has 0 fully saturated rings. The SMILES string of the molecule is CCc1ccc(S(=O)(=O)C(C)C)c(OC)c1. The lowest BCUT2D eigenvalue weighted by Crippen LogP contribution is -2.15. The van der Waals surface area contributed by atoms with Gasteiger partial charge in [0.25, 0.3) is 0 Å². The zero-order chi connectivity index (χ0) is 12.3. The fourth-order valence-electron chi connectivity index (χ4n) is 1.42. The summed E-state index contributed by atoms with van der Waals surface area (Å²) >= 11 is 0. The zero-order valence-electron chi connectivity index (χ0n) is 10.1. The molecule has 0 saturated heterocycles. The van der Waals surface area contributed by atoms with Crippen LogP contribution in [-0.2, 0) is 16.3 Å². The minimum atomic E-state index is -3.27. The second-order valence-corrected chi connectivity index (χ2v) is 6.41.